The van der Waals surface area contributed by atoms with Gasteiger partial charge in [0.2, 0.25) is 0 Å². The monoisotopic (exact) mass is 1320 g/mol. The van der Waals surface area contributed by atoms with Gasteiger partial charge < -0.3 is 23.7 Å². The van der Waals surface area contributed by atoms with Gasteiger partial charge in [0, 0.05) is 64.2 Å². The molecule has 0 unspecified atom stereocenters. The zero-order valence-electron chi connectivity index (χ0n) is 64.1. The van der Waals surface area contributed by atoms with E-state index in [1.165, 1.54) is 161 Å². The zero-order valence-corrected chi connectivity index (χ0v) is 64.1. The minimum atomic E-state index is -0.365. The SMILES string of the molecule is C#CCCCCCC(=O)OC(C)(C)C.C#CCCCCCCCC(=O)OC(C)(C)C.C#CCCCCCCCCCC(=O)OC(C)(C)C.C#CCCCCCCCCCCCCCC(=O)OC(C)(C)C.C#CCCCCCCCCCCCCCCCC(=O)OC(C)(C)C. The van der Waals surface area contributed by atoms with Gasteiger partial charge in [-0.1, -0.05) is 186 Å². The van der Waals surface area contributed by atoms with E-state index in [0.717, 1.165) is 122 Å². The van der Waals surface area contributed by atoms with Crippen LogP contribution in [0, 0.1) is 61.7 Å². The fourth-order valence-electron chi connectivity index (χ4n) is 9.57. The number of rotatable bonds is 49. The van der Waals surface area contributed by atoms with E-state index in [0.29, 0.717) is 32.1 Å². The van der Waals surface area contributed by atoms with Crippen LogP contribution in [0.15, 0.2) is 0 Å². The largest absolute Gasteiger partial charge is 0.460 e. The Morgan fingerprint density at radius 3 is 0.394 bits per heavy atom. The molecule has 0 bridgehead atoms. The van der Waals surface area contributed by atoms with Gasteiger partial charge in [-0.2, -0.15) is 0 Å². The van der Waals surface area contributed by atoms with Gasteiger partial charge in [-0.25, -0.2) is 0 Å². The van der Waals surface area contributed by atoms with Crippen molar-refractivity contribution in [2.24, 2.45) is 0 Å². The Morgan fingerprint density at radius 1 is 0.191 bits per heavy atom. The van der Waals surface area contributed by atoms with E-state index in [2.05, 4.69) is 29.6 Å². The molecule has 0 spiro atoms. The first kappa shape index (κ1) is 97.8. The maximum atomic E-state index is 11.6. The van der Waals surface area contributed by atoms with Crippen LogP contribution in [-0.4, -0.2) is 57.9 Å². The van der Waals surface area contributed by atoms with Gasteiger partial charge in [-0.15, -0.1) is 61.7 Å². The Morgan fingerprint density at radius 2 is 0.287 bits per heavy atom. The van der Waals surface area contributed by atoms with Crippen LogP contribution in [0.5, 0.6) is 0 Å². The molecular formula is C84H148O10. The number of carbonyl (C=O) groups is 5. The lowest BCUT2D eigenvalue weighted by Crippen LogP contribution is -2.23. The van der Waals surface area contributed by atoms with Crippen LogP contribution in [0.3, 0.4) is 0 Å². The second-order valence-electron chi connectivity index (χ2n) is 30.2. The summed E-state index contributed by atoms with van der Waals surface area (Å²) in [4.78, 5) is 57.1. The number of hydrogen-bond donors (Lipinski definition) is 0. The molecule has 0 aliphatic heterocycles. The van der Waals surface area contributed by atoms with E-state index in [4.69, 9.17) is 55.8 Å². The molecular weight excluding hydrogens is 1170 g/mol. The summed E-state index contributed by atoms with van der Waals surface area (Å²) in [5, 5.41) is 0. The lowest BCUT2D eigenvalue weighted by molar-refractivity contribution is -0.156. The predicted octanol–water partition coefficient (Wildman–Crippen LogP) is 23.9. The fourth-order valence-corrected chi connectivity index (χ4v) is 9.57. The molecule has 0 radical (unpaired) electrons. The van der Waals surface area contributed by atoms with Crippen LogP contribution >= 0.6 is 0 Å². The van der Waals surface area contributed by atoms with E-state index in [1.807, 2.05) is 104 Å². The summed E-state index contributed by atoms with van der Waals surface area (Å²) < 4.78 is 26.2. The molecule has 10 nitrogen and oxygen atoms in total. The molecule has 0 aromatic rings. The highest BCUT2D eigenvalue weighted by atomic mass is 16.6. The third-order valence-electron chi connectivity index (χ3n) is 14.1. The molecule has 94 heavy (non-hydrogen) atoms. The average Bonchev–Trinajstić information content (AvgIpc) is 1.72. The Labute approximate surface area is 582 Å². The summed E-state index contributed by atoms with van der Waals surface area (Å²) in [6.07, 6.45) is 80.1. The summed E-state index contributed by atoms with van der Waals surface area (Å²) in [7, 11) is 0. The maximum absolute atomic E-state index is 11.6. The van der Waals surface area contributed by atoms with Crippen LogP contribution in [-0.2, 0) is 47.7 Å². The quantitative estimate of drug-likeness (QED) is 0.0251. The Kier molecular flexibility index (Phi) is 70.9. The Balaban J connectivity index is -0.000000356. The molecule has 0 saturated carbocycles. The third-order valence-corrected chi connectivity index (χ3v) is 14.1. The predicted molar refractivity (Wildman–Crippen MR) is 400 cm³/mol. The minimum Gasteiger partial charge on any atom is -0.460 e. The molecule has 0 aromatic carbocycles. The molecule has 0 saturated heterocycles. The highest BCUT2D eigenvalue weighted by Crippen LogP contribution is 2.19. The smallest absolute Gasteiger partial charge is 0.306 e. The van der Waals surface area contributed by atoms with E-state index >= 15 is 0 Å². The Bertz CT molecular complexity index is 2000. The number of esters is 5. The lowest BCUT2D eigenvalue weighted by Gasteiger charge is -2.19. The van der Waals surface area contributed by atoms with Gasteiger partial charge in [0.05, 0.1) is 0 Å². The molecule has 544 valence electrons. The van der Waals surface area contributed by atoms with Crippen molar-refractivity contribution in [1.82, 2.24) is 0 Å². The average molecular weight is 1320 g/mol. The van der Waals surface area contributed by atoms with Crippen LogP contribution in [0.25, 0.3) is 0 Å². The van der Waals surface area contributed by atoms with Gasteiger partial charge in [0.15, 0.2) is 0 Å². The van der Waals surface area contributed by atoms with Crippen molar-refractivity contribution in [3.8, 4) is 61.7 Å². The fraction of sp³-hybridized carbons (Fsp3) is 0.821. The zero-order chi connectivity index (χ0) is 72.1. The highest BCUT2D eigenvalue weighted by molar-refractivity contribution is 5.71. The topological polar surface area (TPSA) is 132 Å². The number of ether oxygens (including phenoxy) is 5. The molecule has 0 rings (SSSR count). The lowest BCUT2D eigenvalue weighted by atomic mass is 10.0. The van der Waals surface area contributed by atoms with Crippen molar-refractivity contribution in [2.75, 3.05) is 0 Å². The molecule has 0 heterocycles. The van der Waals surface area contributed by atoms with Crippen molar-refractivity contribution in [3.63, 3.8) is 0 Å². The number of unbranched alkanes of at least 4 members (excludes halogenated alkanes) is 39. The summed E-state index contributed by atoms with van der Waals surface area (Å²) >= 11 is 0. The van der Waals surface area contributed by atoms with Crippen LogP contribution < -0.4 is 0 Å². The standard InChI is InChI=1S/C22H40O2.C20H36O2.C16H28O2.C14H24O2.C12H20O2/c1-5-6-7-8-9-10-11-12-13-14-15-16-17-18-19-20-21(23)24-22(2,3)4;1-5-6-7-8-9-10-11-12-13-14-15-16-17-18-19(21)22-20(2,3)4;1-5-6-7-8-9-10-11-12-13-14-15(17)18-16(2,3)4;1-5-6-7-8-9-10-11-12-13(15)16-14(2,3)4;1-5-6-7-8-9-10-11(13)14-12(2,3)4/h1H,6-20H2,2-4H3;1H,6-18H2,2-4H3;1H,6-14H2,2-4H3;1H,6-12H2,2-4H3;1H,6-10H2,2-4H3. The second-order valence-corrected chi connectivity index (χ2v) is 30.2. The number of terminal acetylenes is 5. The first-order chi connectivity index (χ1) is 44.3. The van der Waals surface area contributed by atoms with Gasteiger partial charge in [-0.05, 0) is 168 Å². The summed E-state index contributed by atoms with van der Waals surface area (Å²) in [5.74, 6) is 12.9. The third kappa shape index (κ3) is 103. The first-order valence-corrected chi connectivity index (χ1v) is 37.5. The number of carbonyl (C=O) groups excluding carboxylic acids is 5. The van der Waals surface area contributed by atoms with Gasteiger partial charge >= 0.3 is 29.8 Å². The van der Waals surface area contributed by atoms with Crippen LogP contribution in [0.1, 0.15) is 418 Å². The van der Waals surface area contributed by atoms with Gasteiger partial charge in [0.25, 0.3) is 0 Å². The molecule has 0 N–H and O–H groups in total. The number of hydrogen-bond acceptors (Lipinski definition) is 10. The van der Waals surface area contributed by atoms with Crippen molar-refractivity contribution < 1.29 is 47.7 Å². The van der Waals surface area contributed by atoms with E-state index in [9.17, 15) is 24.0 Å². The molecule has 0 fully saturated rings. The van der Waals surface area contributed by atoms with Gasteiger partial charge in [-0.3, -0.25) is 24.0 Å². The minimum absolute atomic E-state index is 0.0539. The van der Waals surface area contributed by atoms with E-state index in [-0.39, 0.29) is 57.9 Å². The first-order valence-electron chi connectivity index (χ1n) is 37.5. The van der Waals surface area contributed by atoms with Crippen molar-refractivity contribution >= 4 is 29.8 Å². The summed E-state index contributed by atoms with van der Waals surface area (Å²) in [6, 6.07) is 0. The van der Waals surface area contributed by atoms with Crippen LogP contribution in [0.4, 0.5) is 0 Å². The van der Waals surface area contributed by atoms with E-state index < -0.39 is 0 Å². The van der Waals surface area contributed by atoms with Crippen molar-refractivity contribution in [3.05, 3.63) is 0 Å². The molecule has 0 aliphatic rings. The molecule has 0 amide bonds. The van der Waals surface area contributed by atoms with Crippen LogP contribution in [0.2, 0.25) is 0 Å². The van der Waals surface area contributed by atoms with Crippen molar-refractivity contribution in [2.45, 2.75) is 446 Å². The normalized spacial score (nSPS) is 11.0. The second kappa shape index (κ2) is 68.1. The molecule has 10 heteroatoms. The molecule has 0 aromatic heterocycles. The highest BCUT2D eigenvalue weighted by Gasteiger charge is 2.19. The van der Waals surface area contributed by atoms with Gasteiger partial charge in [0.1, 0.15) is 28.0 Å². The Hall–Kier alpha value is -4.85. The van der Waals surface area contributed by atoms with E-state index in [1.54, 1.807) is 0 Å². The van der Waals surface area contributed by atoms with Crippen molar-refractivity contribution in [1.29, 1.82) is 0 Å². The molecule has 0 aliphatic carbocycles. The molecule has 0 atom stereocenters. The maximum Gasteiger partial charge on any atom is 0.306 e. The summed E-state index contributed by atoms with van der Waals surface area (Å²) in [5.41, 5.74) is -1.77. The summed E-state index contributed by atoms with van der Waals surface area (Å²) in [6.45, 7) is 28.5.